The first-order chi connectivity index (χ1) is 6.07. The van der Waals surface area contributed by atoms with E-state index in [9.17, 15) is 5.11 Å². The molecule has 0 bridgehead atoms. The molecule has 1 N–H and O–H groups in total. The van der Waals surface area contributed by atoms with Crippen molar-refractivity contribution in [3.8, 4) is 0 Å². The van der Waals surface area contributed by atoms with E-state index < -0.39 is 5.60 Å². The number of rotatable bonds is 1. The lowest BCUT2D eigenvalue weighted by molar-refractivity contribution is 0.0501. The van der Waals surface area contributed by atoms with Gasteiger partial charge in [0.1, 0.15) is 11.1 Å². The number of benzene rings is 1. The van der Waals surface area contributed by atoms with Crippen molar-refractivity contribution < 1.29 is 9.52 Å². The summed E-state index contributed by atoms with van der Waals surface area (Å²) < 4.78 is 5.34. The van der Waals surface area contributed by atoms with Gasteiger partial charge in [-0.15, -0.1) is 0 Å². The van der Waals surface area contributed by atoms with Crippen LogP contribution in [0.25, 0.3) is 11.1 Å². The average Bonchev–Trinajstić information content (AvgIpc) is 2.45. The molecular formula is C10H10NO2. The van der Waals surface area contributed by atoms with Crippen LogP contribution in [0.1, 0.15) is 19.7 Å². The summed E-state index contributed by atoms with van der Waals surface area (Å²) in [5.74, 6) is 0.335. The Balaban J connectivity index is 2.63. The number of aliphatic hydroxyl groups is 1. The van der Waals surface area contributed by atoms with Crippen molar-refractivity contribution in [3.63, 3.8) is 0 Å². The third kappa shape index (κ3) is 1.42. The molecule has 0 fully saturated rings. The molecule has 1 radical (unpaired) electrons. The Kier molecular flexibility index (Phi) is 1.63. The zero-order valence-corrected chi connectivity index (χ0v) is 7.53. The summed E-state index contributed by atoms with van der Waals surface area (Å²) in [6.07, 6.45) is 0. The molecule has 0 spiro atoms. The van der Waals surface area contributed by atoms with Crippen molar-refractivity contribution in [1.82, 2.24) is 4.98 Å². The summed E-state index contributed by atoms with van der Waals surface area (Å²) in [5.41, 5.74) is 0.370. The number of nitrogens with zero attached hydrogens (tertiary/aromatic N) is 1. The minimum atomic E-state index is -1.03. The van der Waals surface area contributed by atoms with E-state index in [1.807, 2.05) is 0 Å². The van der Waals surface area contributed by atoms with Crippen LogP contribution >= 0.6 is 0 Å². The third-order valence-corrected chi connectivity index (χ3v) is 1.76. The number of fused-ring (bicyclic) bond motifs is 1. The molecule has 1 aromatic carbocycles. The molecule has 1 aromatic heterocycles. The Morgan fingerprint density at radius 2 is 2.31 bits per heavy atom. The van der Waals surface area contributed by atoms with E-state index in [0.717, 1.165) is 5.52 Å². The van der Waals surface area contributed by atoms with Gasteiger partial charge in [0, 0.05) is 0 Å². The molecule has 0 aliphatic rings. The second kappa shape index (κ2) is 2.57. The molecule has 67 valence electrons. The number of hydrogen-bond donors (Lipinski definition) is 1. The summed E-state index contributed by atoms with van der Waals surface area (Å²) in [5, 5.41) is 9.62. The SMILES string of the molecule is CC(C)(O)c1nc2cc[c]cc2o1. The van der Waals surface area contributed by atoms with Gasteiger partial charge in [0.05, 0.1) is 0 Å². The molecule has 2 aromatic rings. The van der Waals surface area contributed by atoms with E-state index in [0.29, 0.717) is 11.5 Å². The van der Waals surface area contributed by atoms with Crippen LogP contribution in [0.4, 0.5) is 0 Å². The second-order valence-corrected chi connectivity index (χ2v) is 3.47. The number of hydrogen-bond acceptors (Lipinski definition) is 3. The number of aromatic nitrogens is 1. The first-order valence-corrected chi connectivity index (χ1v) is 4.07. The normalized spacial score (nSPS) is 12.2. The molecule has 3 nitrogen and oxygen atoms in total. The Morgan fingerprint density at radius 1 is 1.54 bits per heavy atom. The summed E-state index contributed by atoms with van der Waals surface area (Å²) in [6, 6.07) is 8.15. The zero-order chi connectivity index (χ0) is 9.47. The standard InChI is InChI=1S/C10H10NO2/c1-10(2,12)9-11-7-5-3-4-6-8(7)13-9/h3,5-6,12H,1-2H3. The van der Waals surface area contributed by atoms with Crippen molar-refractivity contribution in [2.24, 2.45) is 0 Å². The third-order valence-electron chi connectivity index (χ3n) is 1.76. The predicted molar refractivity (Wildman–Crippen MR) is 48.1 cm³/mol. The van der Waals surface area contributed by atoms with E-state index in [2.05, 4.69) is 11.1 Å². The molecule has 0 atom stereocenters. The quantitative estimate of drug-likeness (QED) is 0.721. The largest absolute Gasteiger partial charge is 0.438 e. The lowest BCUT2D eigenvalue weighted by Crippen LogP contribution is -2.15. The smallest absolute Gasteiger partial charge is 0.226 e. The van der Waals surface area contributed by atoms with Crippen LogP contribution in [0.3, 0.4) is 0 Å². The Morgan fingerprint density at radius 3 is 2.92 bits per heavy atom. The Labute approximate surface area is 76.0 Å². The van der Waals surface area contributed by atoms with Crippen LogP contribution in [-0.4, -0.2) is 10.1 Å². The number of oxazole rings is 1. The highest BCUT2D eigenvalue weighted by molar-refractivity contribution is 5.72. The highest BCUT2D eigenvalue weighted by atomic mass is 16.4. The summed E-state index contributed by atoms with van der Waals surface area (Å²) in [6.45, 7) is 3.28. The van der Waals surface area contributed by atoms with Crippen molar-refractivity contribution >= 4 is 11.1 Å². The molecular weight excluding hydrogens is 166 g/mol. The van der Waals surface area contributed by atoms with E-state index in [1.165, 1.54) is 0 Å². The van der Waals surface area contributed by atoms with E-state index in [4.69, 9.17) is 4.42 Å². The van der Waals surface area contributed by atoms with Crippen molar-refractivity contribution in [3.05, 3.63) is 30.2 Å². The van der Waals surface area contributed by atoms with Gasteiger partial charge in [-0.1, -0.05) is 6.07 Å². The maximum absolute atomic E-state index is 9.62. The van der Waals surface area contributed by atoms with E-state index in [1.54, 1.807) is 32.0 Å². The van der Waals surface area contributed by atoms with Gasteiger partial charge >= 0.3 is 0 Å². The summed E-state index contributed by atoms with van der Waals surface area (Å²) >= 11 is 0. The van der Waals surface area contributed by atoms with Gasteiger partial charge in [0.2, 0.25) is 5.89 Å². The van der Waals surface area contributed by atoms with Gasteiger partial charge < -0.3 is 9.52 Å². The predicted octanol–water partition coefficient (Wildman–Crippen LogP) is 1.86. The average molecular weight is 176 g/mol. The lowest BCUT2D eigenvalue weighted by Gasteiger charge is -2.10. The van der Waals surface area contributed by atoms with Crippen LogP contribution in [-0.2, 0) is 5.60 Å². The fourth-order valence-electron chi connectivity index (χ4n) is 1.08. The van der Waals surface area contributed by atoms with E-state index >= 15 is 0 Å². The molecule has 2 rings (SSSR count). The molecule has 13 heavy (non-hydrogen) atoms. The topological polar surface area (TPSA) is 46.3 Å². The van der Waals surface area contributed by atoms with E-state index in [-0.39, 0.29) is 0 Å². The van der Waals surface area contributed by atoms with Gasteiger partial charge in [0.15, 0.2) is 5.58 Å². The van der Waals surface area contributed by atoms with Gasteiger partial charge in [-0.25, -0.2) is 4.98 Å². The molecule has 1 heterocycles. The molecule has 0 aliphatic carbocycles. The first kappa shape index (κ1) is 8.26. The maximum Gasteiger partial charge on any atom is 0.226 e. The molecule has 0 aliphatic heterocycles. The van der Waals surface area contributed by atoms with Crippen molar-refractivity contribution in [2.75, 3.05) is 0 Å². The van der Waals surface area contributed by atoms with Crippen LogP contribution < -0.4 is 0 Å². The van der Waals surface area contributed by atoms with Gasteiger partial charge in [-0.05, 0) is 32.0 Å². The summed E-state index contributed by atoms with van der Waals surface area (Å²) in [7, 11) is 0. The Bertz CT molecular complexity index is 393. The van der Waals surface area contributed by atoms with Crippen LogP contribution in [0, 0.1) is 6.07 Å². The first-order valence-electron chi connectivity index (χ1n) is 4.07. The van der Waals surface area contributed by atoms with Crippen molar-refractivity contribution in [2.45, 2.75) is 19.4 Å². The minimum Gasteiger partial charge on any atom is -0.438 e. The summed E-state index contributed by atoms with van der Waals surface area (Å²) in [4.78, 5) is 4.15. The van der Waals surface area contributed by atoms with Gasteiger partial charge in [-0.3, -0.25) is 0 Å². The van der Waals surface area contributed by atoms with Crippen LogP contribution in [0.5, 0.6) is 0 Å². The Hall–Kier alpha value is -1.35. The van der Waals surface area contributed by atoms with Crippen LogP contribution in [0.15, 0.2) is 22.6 Å². The molecule has 0 saturated carbocycles. The molecule has 0 amide bonds. The molecule has 0 unspecified atom stereocenters. The highest BCUT2D eigenvalue weighted by Crippen LogP contribution is 2.23. The minimum absolute atomic E-state index is 0.335. The van der Waals surface area contributed by atoms with Gasteiger partial charge in [0.25, 0.3) is 0 Å². The monoisotopic (exact) mass is 176 g/mol. The highest BCUT2D eigenvalue weighted by Gasteiger charge is 2.22. The zero-order valence-electron chi connectivity index (χ0n) is 7.53. The second-order valence-electron chi connectivity index (χ2n) is 3.47. The fraction of sp³-hybridized carbons (Fsp3) is 0.300. The maximum atomic E-state index is 9.62. The van der Waals surface area contributed by atoms with Crippen LogP contribution in [0.2, 0.25) is 0 Å². The molecule has 3 heteroatoms. The van der Waals surface area contributed by atoms with Crippen molar-refractivity contribution in [1.29, 1.82) is 0 Å². The van der Waals surface area contributed by atoms with Gasteiger partial charge in [-0.2, -0.15) is 0 Å². The fourth-order valence-corrected chi connectivity index (χ4v) is 1.08. The molecule has 0 saturated heterocycles. The lowest BCUT2D eigenvalue weighted by atomic mass is 10.1.